The van der Waals surface area contributed by atoms with Crippen molar-refractivity contribution in [1.29, 1.82) is 0 Å². The Morgan fingerprint density at radius 3 is 2.61 bits per heavy atom. The molecule has 4 aromatic rings. The molecule has 1 aliphatic rings. The van der Waals surface area contributed by atoms with Crippen LogP contribution in [0.5, 0.6) is 0 Å². The normalized spacial score (nSPS) is 18.2. The zero-order valence-electron chi connectivity index (χ0n) is 17.8. The van der Waals surface area contributed by atoms with Crippen LogP contribution >= 0.6 is 11.6 Å². The second kappa shape index (κ2) is 7.94. The number of amides is 1. The number of nitrogens with one attached hydrogen (secondary N) is 2. The van der Waals surface area contributed by atoms with E-state index in [0.717, 1.165) is 0 Å². The third kappa shape index (κ3) is 3.70. The molecular formula is C21H20ClN9O2. The number of carbonyl (C=O) groups excluding carboxylic acids is 1. The summed E-state index contributed by atoms with van der Waals surface area (Å²) in [6.07, 6.45) is 3.51. The number of pyridine rings is 1. The number of likely N-dealkylation sites (tertiary alicyclic amines) is 1. The van der Waals surface area contributed by atoms with Crippen LogP contribution in [0, 0.1) is 0 Å². The lowest BCUT2D eigenvalue weighted by atomic mass is 9.97. The highest BCUT2D eigenvalue weighted by molar-refractivity contribution is 6.32. The molecule has 1 saturated heterocycles. The molecule has 1 unspecified atom stereocenters. The van der Waals surface area contributed by atoms with Gasteiger partial charge in [-0.3, -0.25) is 14.6 Å². The molecule has 0 spiro atoms. The number of H-pyrrole nitrogens is 1. The molecule has 4 aromatic heterocycles. The van der Waals surface area contributed by atoms with Crippen molar-refractivity contribution in [2.24, 2.45) is 7.05 Å². The average Bonchev–Trinajstić information content (AvgIpc) is 3.52. The van der Waals surface area contributed by atoms with E-state index in [2.05, 4.69) is 35.6 Å². The number of likely N-dealkylation sites (N-methyl/N-ethyl adjacent to an activating group) is 1. The monoisotopic (exact) mass is 465 g/mol. The van der Waals surface area contributed by atoms with Crippen LogP contribution in [-0.4, -0.2) is 64.4 Å². The van der Waals surface area contributed by atoms with Crippen LogP contribution in [0.2, 0.25) is 5.15 Å². The van der Waals surface area contributed by atoms with Crippen molar-refractivity contribution in [3.63, 3.8) is 0 Å². The van der Waals surface area contributed by atoms with Crippen molar-refractivity contribution < 1.29 is 9.90 Å². The van der Waals surface area contributed by atoms with Crippen molar-refractivity contribution in [3.8, 4) is 22.8 Å². The highest BCUT2D eigenvalue weighted by atomic mass is 35.5. The molecule has 0 saturated carbocycles. The fourth-order valence-corrected chi connectivity index (χ4v) is 3.82. The van der Waals surface area contributed by atoms with Crippen LogP contribution in [0.4, 0.5) is 11.6 Å². The Hall–Kier alpha value is -3.83. The van der Waals surface area contributed by atoms with Gasteiger partial charge in [0.25, 0.3) is 5.91 Å². The lowest BCUT2D eigenvalue weighted by molar-refractivity contribution is -0.143. The van der Waals surface area contributed by atoms with Gasteiger partial charge in [0.2, 0.25) is 5.95 Å². The lowest BCUT2D eigenvalue weighted by Gasteiger charge is -2.18. The molecule has 1 fully saturated rings. The molecule has 1 atom stereocenters. The van der Waals surface area contributed by atoms with Gasteiger partial charge >= 0.3 is 0 Å². The van der Waals surface area contributed by atoms with Crippen molar-refractivity contribution in [1.82, 2.24) is 39.8 Å². The number of carbonyl (C=O) groups is 1. The number of nitrogens with zero attached hydrogens (tertiary/aromatic N) is 7. The molecule has 33 heavy (non-hydrogen) atoms. The largest absolute Gasteiger partial charge is 0.374 e. The topological polar surface area (TPSA) is 138 Å². The lowest BCUT2D eigenvalue weighted by Crippen LogP contribution is -2.36. The minimum absolute atomic E-state index is 0.301. The third-order valence-electron chi connectivity index (χ3n) is 5.58. The van der Waals surface area contributed by atoms with Gasteiger partial charge < -0.3 is 15.3 Å². The second-order valence-corrected chi connectivity index (χ2v) is 8.13. The number of aliphatic hydroxyl groups is 1. The fourth-order valence-electron chi connectivity index (χ4n) is 3.68. The Morgan fingerprint density at radius 1 is 1.15 bits per heavy atom. The molecule has 168 valence electrons. The molecule has 0 bridgehead atoms. The molecule has 12 heteroatoms. The molecular weight excluding hydrogens is 446 g/mol. The zero-order valence-corrected chi connectivity index (χ0v) is 18.6. The van der Waals surface area contributed by atoms with Gasteiger partial charge in [0.1, 0.15) is 10.8 Å². The number of halogens is 1. The van der Waals surface area contributed by atoms with Gasteiger partial charge in [-0.05, 0) is 24.3 Å². The van der Waals surface area contributed by atoms with Crippen LogP contribution < -0.4 is 5.32 Å². The summed E-state index contributed by atoms with van der Waals surface area (Å²) in [5.41, 5.74) is 1.62. The van der Waals surface area contributed by atoms with E-state index in [1.165, 1.54) is 9.58 Å². The third-order valence-corrected chi connectivity index (χ3v) is 6.02. The van der Waals surface area contributed by atoms with Crippen molar-refractivity contribution in [2.45, 2.75) is 12.0 Å². The first-order valence-electron chi connectivity index (χ1n) is 10.1. The van der Waals surface area contributed by atoms with Gasteiger partial charge in [0, 0.05) is 33.3 Å². The van der Waals surface area contributed by atoms with Gasteiger partial charge in [0.15, 0.2) is 5.60 Å². The van der Waals surface area contributed by atoms with E-state index in [1.54, 1.807) is 44.7 Å². The van der Waals surface area contributed by atoms with E-state index in [9.17, 15) is 9.90 Å². The maximum atomic E-state index is 12.4. The van der Waals surface area contributed by atoms with Crippen LogP contribution in [-0.2, 0) is 17.4 Å². The summed E-state index contributed by atoms with van der Waals surface area (Å²) >= 11 is 6.20. The summed E-state index contributed by atoms with van der Waals surface area (Å²) in [7, 11) is 3.40. The Balaban J connectivity index is 1.42. The molecule has 0 aliphatic carbocycles. The number of rotatable bonds is 5. The quantitative estimate of drug-likeness (QED) is 0.407. The summed E-state index contributed by atoms with van der Waals surface area (Å²) in [4.78, 5) is 27.3. The molecule has 0 aromatic carbocycles. The van der Waals surface area contributed by atoms with E-state index < -0.39 is 5.60 Å². The first kappa shape index (κ1) is 21.0. The van der Waals surface area contributed by atoms with Gasteiger partial charge in [0.05, 0.1) is 34.7 Å². The first-order valence-corrected chi connectivity index (χ1v) is 10.5. The Morgan fingerprint density at radius 2 is 1.91 bits per heavy atom. The maximum Gasteiger partial charge on any atom is 0.260 e. The summed E-state index contributed by atoms with van der Waals surface area (Å²) in [5.74, 6) is -0.00288. The van der Waals surface area contributed by atoms with E-state index in [4.69, 9.17) is 11.6 Å². The van der Waals surface area contributed by atoms with Crippen molar-refractivity contribution >= 4 is 29.1 Å². The molecule has 1 amide bonds. The second-order valence-electron chi connectivity index (χ2n) is 7.78. The number of hydrogen-bond donors (Lipinski definition) is 3. The Bertz CT molecular complexity index is 1350. The average molecular weight is 466 g/mol. The van der Waals surface area contributed by atoms with Crippen LogP contribution in [0.3, 0.4) is 0 Å². The van der Waals surface area contributed by atoms with E-state index in [-0.39, 0.29) is 5.91 Å². The van der Waals surface area contributed by atoms with Crippen LogP contribution in [0.1, 0.15) is 12.1 Å². The minimum Gasteiger partial charge on any atom is -0.374 e. The number of aromatic amines is 1. The summed E-state index contributed by atoms with van der Waals surface area (Å²) < 4.78 is 1.53. The number of hydrogen-bond acceptors (Lipinski definition) is 8. The zero-order chi connectivity index (χ0) is 23.2. The standard InChI is InChI=1S/C21H20ClN9O2/c1-30-9-7-21(33,19(30)32)17-10-15(28-29-17)13-5-3-4-12(25-13)14-6-8-23-20(26-14)27-16-11-24-31(2)18(16)22/h3-6,8,10-11,33H,7,9H2,1-2H3,(H,28,29)(H,23,26,27). The van der Waals surface area contributed by atoms with Crippen molar-refractivity contribution in [3.05, 3.63) is 53.6 Å². The molecule has 5 heterocycles. The van der Waals surface area contributed by atoms with Gasteiger partial charge in [-0.15, -0.1) is 0 Å². The first-order chi connectivity index (χ1) is 15.8. The van der Waals surface area contributed by atoms with Gasteiger partial charge in [-0.2, -0.15) is 10.2 Å². The predicted molar refractivity (Wildman–Crippen MR) is 120 cm³/mol. The van der Waals surface area contributed by atoms with Gasteiger partial charge in [-0.1, -0.05) is 17.7 Å². The van der Waals surface area contributed by atoms with E-state index in [1.807, 2.05) is 12.1 Å². The SMILES string of the molecule is CN1CCC(O)(c2cc(-c3cccc(-c4ccnc(Nc5cnn(C)c5Cl)n4)n3)n[nH]2)C1=O. The van der Waals surface area contributed by atoms with Crippen molar-refractivity contribution in [2.75, 3.05) is 18.9 Å². The summed E-state index contributed by atoms with van der Waals surface area (Å²) in [6.45, 7) is 0.478. The highest BCUT2D eigenvalue weighted by Gasteiger charge is 2.46. The Labute approximate surface area is 193 Å². The van der Waals surface area contributed by atoms with Crippen LogP contribution in [0.15, 0.2) is 42.7 Å². The molecule has 5 rings (SSSR count). The molecule has 3 N–H and O–H groups in total. The Kier molecular flexibility index (Phi) is 5.06. The predicted octanol–water partition coefficient (Wildman–Crippen LogP) is 2.11. The smallest absolute Gasteiger partial charge is 0.260 e. The minimum atomic E-state index is -1.60. The number of aromatic nitrogens is 7. The van der Waals surface area contributed by atoms with E-state index >= 15 is 0 Å². The summed E-state index contributed by atoms with van der Waals surface area (Å²) in [5, 5.41) is 25.5. The maximum absolute atomic E-state index is 12.4. The summed E-state index contributed by atoms with van der Waals surface area (Å²) in [6, 6.07) is 8.85. The van der Waals surface area contributed by atoms with E-state index in [0.29, 0.717) is 58.2 Å². The fraction of sp³-hybridized carbons (Fsp3) is 0.238. The van der Waals surface area contributed by atoms with Crippen LogP contribution in [0.25, 0.3) is 22.8 Å². The molecule has 0 radical (unpaired) electrons. The number of aryl methyl sites for hydroxylation is 1. The molecule has 1 aliphatic heterocycles. The number of anilines is 2. The van der Waals surface area contributed by atoms with Gasteiger partial charge in [-0.25, -0.2) is 15.0 Å². The highest BCUT2D eigenvalue weighted by Crippen LogP contribution is 2.33. The molecule has 11 nitrogen and oxygen atoms in total.